The van der Waals surface area contributed by atoms with Crippen LogP contribution in [0.3, 0.4) is 0 Å². The fourth-order valence-corrected chi connectivity index (χ4v) is 0.886. The molecule has 0 saturated carbocycles. The third-order valence-corrected chi connectivity index (χ3v) is 1.34. The molecule has 0 aliphatic carbocycles. The number of carboxylic acid groups (broad SMARTS) is 1. The van der Waals surface area contributed by atoms with E-state index in [-0.39, 0.29) is 24.9 Å². The third kappa shape index (κ3) is 2.40. The van der Waals surface area contributed by atoms with Crippen molar-refractivity contribution in [3.8, 4) is 0 Å². The Labute approximate surface area is 66.0 Å². The molecule has 3 nitrogen and oxygen atoms in total. The molecule has 46 valence electrons. The molecule has 0 bridgehead atoms. The van der Waals surface area contributed by atoms with Gasteiger partial charge in [-0.1, -0.05) is 0 Å². The maximum Gasteiger partial charge on any atom is 1.00 e. The van der Waals surface area contributed by atoms with Gasteiger partial charge in [0.05, 0.1) is 5.97 Å². The van der Waals surface area contributed by atoms with Crippen LogP contribution in [-0.2, 0) is 4.79 Å². The smallest absolute Gasteiger partial charge is 0.548 e. The number of nitrogens with one attached hydrogen (secondary N) is 1. The summed E-state index contributed by atoms with van der Waals surface area (Å²) in [7, 11) is 0. The van der Waals surface area contributed by atoms with E-state index in [2.05, 4.69) is 5.32 Å². The van der Waals surface area contributed by atoms with Gasteiger partial charge in [0.1, 0.15) is 0 Å². The van der Waals surface area contributed by atoms with Gasteiger partial charge in [-0.15, -0.1) is 0 Å². The van der Waals surface area contributed by atoms with Crippen LogP contribution in [0.1, 0.15) is 12.8 Å². The van der Waals surface area contributed by atoms with Gasteiger partial charge < -0.3 is 15.2 Å². The molecule has 1 heterocycles. The Kier molecular flexibility index (Phi) is 3.95. The van der Waals surface area contributed by atoms with Crippen molar-refractivity contribution >= 4 is 5.97 Å². The second-order valence-corrected chi connectivity index (χ2v) is 1.97. The van der Waals surface area contributed by atoms with Gasteiger partial charge in [0.15, 0.2) is 0 Å². The van der Waals surface area contributed by atoms with Crippen molar-refractivity contribution < 1.29 is 28.8 Å². The van der Waals surface area contributed by atoms with Crippen molar-refractivity contribution in [2.75, 3.05) is 6.54 Å². The zero-order chi connectivity index (χ0) is 5.98. The predicted molar refractivity (Wildman–Crippen MR) is 26.0 cm³/mol. The van der Waals surface area contributed by atoms with Crippen LogP contribution < -0.4 is 29.3 Å². The van der Waals surface area contributed by atoms with Crippen LogP contribution in [0.5, 0.6) is 0 Å². The molecule has 1 fully saturated rings. The van der Waals surface area contributed by atoms with Crippen LogP contribution in [-0.4, -0.2) is 18.6 Å². The van der Waals surface area contributed by atoms with Crippen LogP contribution in [0.4, 0.5) is 0 Å². The molecular formula is C5H8LiNO2. The number of carboxylic acids is 1. The minimum absolute atomic E-state index is 0. The largest absolute Gasteiger partial charge is 1.00 e. The van der Waals surface area contributed by atoms with E-state index in [1.807, 2.05) is 0 Å². The number of carbonyl (C=O) groups excluding carboxylic acids is 1. The maximum absolute atomic E-state index is 10.0. The first-order valence-electron chi connectivity index (χ1n) is 2.75. The topological polar surface area (TPSA) is 52.2 Å². The first kappa shape index (κ1) is 9.03. The van der Waals surface area contributed by atoms with E-state index in [0.29, 0.717) is 0 Å². The van der Waals surface area contributed by atoms with Crippen molar-refractivity contribution in [1.82, 2.24) is 5.32 Å². The molecule has 1 N–H and O–H groups in total. The first-order valence-corrected chi connectivity index (χ1v) is 2.75. The van der Waals surface area contributed by atoms with Crippen molar-refractivity contribution in [2.24, 2.45) is 0 Å². The average molecular weight is 121 g/mol. The Morgan fingerprint density at radius 3 is 2.56 bits per heavy atom. The molecule has 0 spiro atoms. The zero-order valence-electron chi connectivity index (χ0n) is 5.52. The SMILES string of the molecule is O=C([O-])[C@H]1CCCN1.[Li+]. The quantitative estimate of drug-likeness (QED) is 0.356. The summed E-state index contributed by atoms with van der Waals surface area (Å²) in [4.78, 5) is 10.0. The summed E-state index contributed by atoms with van der Waals surface area (Å²) in [6.45, 7) is 0.818. The zero-order valence-corrected chi connectivity index (χ0v) is 5.52. The van der Waals surface area contributed by atoms with E-state index in [4.69, 9.17) is 0 Å². The second kappa shape index (κ2) is 3.94. The van der Waals surface area contributed by atoms with Crippen LogP contribution in [0.15, 0.2) is 0 Å². The first-order chi connectivity index (χ1) is 3.80. The van der Waals surface area contributed by atoms with Gasteiger partial charge in [-0.2, -0.15) is 0 Å². The van der Waals surface area contributed by atoms with Crippen LogP contribution in [0, 0.1) is 0 Å². The van der Waals surface area contributed by atoms with Crippen LogP contribution in [0.2, 0.25) is 0 Å². The van der Waals surface area contributed by atoms with Gasteiger partial charge in [0.2, 0.25) is 0 Å². The molecule has 4 heteroatoms. The fourth-order valence-electron chi connectivity index (χ4n) is 0.886. The molecule has 1 atom stereocenters. The van der Waals surface area contributed by atoms with Crippen molar-refractivity contribution in [1.29, 1.82) is 0 Å². The number of hydrogen-bond donors (Lipinski definition) is 1. The van der Waals surface area contributed by atoms with Gasteiger partial charge in [-0.25, -0.2) is 0 Å². The maximum atomic E-state index is 10.0. The van der Waals surface area contributed by atoms with E-state index < -0.39 is 5.97 Å². The Hall–Kier alpha value is 0.0274. The number of aliphatic carboxylic acids is 1. The third-order valence-electron chi connectivity index (χ3n) is 1.34. The molecule has 1 rings (SSSR count). The monoisotopic (exact) mass is 121 g/mol. The number of carbonyl (C=O) groups is 1. The van der Waals surface area contributed by atoms with Crippen molar-refractivity contribution in [3.05, 3.63) is 0 Å². The number of rotatable bonds is 1. The van der Waals surface area contributed by atoms with Crippen LogP contribution >= 0.6 is 0 Å². The predicted octanol–water partition coefficient (Wildman–Crippen LogP) is -4.51. The molecular weight excluding hydrogens is 113 g/mol. The van der Waals surface area contributed by atoms with Gasteiger partial charge >= 0.3 is 18.9 Å². The molecule has 0 aromatic heterocycles. The minimum Gasteiger partial charge on any atom is -0.548 e. The Bertz CT molecular complexity index is 101. The fraction of sp³-hybridized carbons (Fsp3) is 0.800. The van der Waals surface area contributed by atoms with E-state index in [1.54, 1.807) is 0 Å². The van der Waals surface area contributed by atoms with E-state index in [0.717, 1.165) is 19.4 Å². The Balaban J connectivity index is 0.000000640. The number of hydrogen-bond acceptors (Lipinski definition) is 3. The molecule has 0 aromatic rings. The van der Waals surface area contributed by atoms with Crippen LogP contribution in [0.25, 0.3) is 0 Å². The van der Waals surface area contributed by atoms with Gasteiger partial charge in [0.25, 0.3) is 0 Å². The summed E-state index contributed by atoms with van der Waals surface area (Å²) in [6.07, 6.45) is 1.68. The molecule has 1 saturated heterocycles. The second-order valence-electron chi connectivity index (χ2n) is 1.97. The molecule has 0 aromatic carbocycles. The minimum atomic E-state index is -0.970. The van der Waals surface area contributed by atoms with E-state index >= 15 is 0 Å². The summed E-state index contributed by atoms with van der Waals surface area (Å²) < 4.78 is 0. The molecule has 0 unspecified atom stereocenters. The molecule has 9 heavy (non-hydrogen) atoms. The standard InChI is InChI=1S/C5H9NO2.Li/c7-5(8)4-2-1-3-6-4;/h4,6H,1-3H2,(H,7,8);/q;+1/p-1/t4-;/m1./s1. The molecule has 0 radical (unpaired) electrons. The molecule has 1 aliphatic heterocycles. The van der Waals surface area contributed by atoms with Gasteiger partial charge in [0, 0.05) is 6.04 Å². The van der Waals surface area contributed by atoms with Gasteiger partial charge in [-0.05, 0) is 19.4 Å². The normalized spacial score (nSPS) is 25.1. The van der Waals surface area contributed by atoms with Gasteiger partial charge in [-0.3, -0.25) is 0 Å². The van der Waals surface area contributed by atoms with E-state index in [1.165, 1.54) is 0 Å². The summed E-state index contributed by atoms with van der Waals surface area (Å²) in [5.41, 5.74) is 0. The Morgan fingerprint density at radius 1 is 1.67 bits per heavy atom. The summed E-state index contributed by atoms with van der Waals surface area (Å²) in [6, 6.07) is -0.380. The molecule has 1 aliphatic rings. The van der Waals surface area contributed by atoms with Crippen molar-refractivity contribution in [2.45, 2.75) is 18.9 Å². The van der Waals surface area contributed by atoms with E-state index in [9.17, 15) is 9.90 Å². The summed E-state index contributed by atoms with van der Waals surface area (Å²) in [5, 5.41) is 12.8. The average Bonchev–Trinajstić information content (AvgIpc) is 2.12. The van der Waals surface area contributed by atoms with Crippen molar-refractivity contribution in [3.63, 3.8) is 0 Å². The summed E-state index contributed by atoms with van der Waals surface area (Å²) in [5.74, 6) is -0.970. The summed E-state index contributed by atoms with van der Waals surface area (Å²) >= 11 is 0. The Morgan fingerprint density at radius 2 is 2.33 bits per heavy atom. The molecule has 0 amide bonds.